The van der Waals surface area contributed by atoms with Gasteiger partial charge in [0.2, 0.25) is 11.8 Å². The van der Waals surface area contributed by atoms with Gasteiger partial charge in [-0.3, -0.25) is 9.59 Å². The average molecular weight is 476 g/mol. The molecule has 4 aromatic rings. The standard InChI is InChI=1S/C27H26FN3O4/c1-15-3-9-22(30-25(34)13-24(29)33)20-11-16(2)31(26(15)20)14-17-4-10-23(32)21(12-17)27(35)18-5-7-19(28)8-6-18/h3-12,27,32,35H,13-14H2,1-2H3,(H2,29,33)(H,30,34). The van der Waals surface area contributed by atoms with Crippen LogP contribution >= 0.6 is 0 Å². The quantitative estimate of drug-likeness (QED) is 0.302. The number of carbonyl (C=O) groups excluding carboxylic acids is 2. The van der Waals surface area contributed by atoms with E-state index >= 15 is 0 Å². The summed E-state index contributed by atoms with van der Waals surface area (Å²) >= 11 is 0. The van der Waals surface area contributed by atoms with Gasteiger partial charge < -0.3 is 25.8 Å². The molecule has 0 radical (unpaired) electrons. The topological polar surface area (TPSA) is 118 Å². The number of fused-ring (bicyclic) bond motifs is 1. The van der Waals surface area contributed by atoms with Gasteiger partial charge in [-0.1, -0.05) is 24.3 Å². The Kier molecular flexibility index (Phi) is 6.57. The number of nitrogens with two attached hydrogens (primary N) is 1. The predicted octanol–water partition coefficient (Wildman–Crippen LogP) is 4.05. The molecule has 0 saturated heterocycles. The largest absolute Gasteiger partial charge is 0.508 e. The van der Waals surface area contributed by atoms with E-state index in [-0.39, 0.29) is 5.75 Å². The maximum Gasteiger partial charge on any atom is 0.233 e. The molecule has 4 rings (SSSR count). The third-order valence-corrected chi connectivity index (χ3v) is 5.99. The first-order valence-electron chi connectivity index (χ1n) is 11.1. The van der Waals surface area contributed by atoms with Crippen LogP contribution in [0.1, 0.15) is 40.5 Å². The van der Waals surface area contributed by atoms with E-state index in [1.807, 2.05) is 26.0 Å². The van der Waals surface area contributed by atoms with E-state index in [1.54, 1.807) is 18.2 Å². The Labute approximate surface area is 201 Å². The first kappa shape index (κ1) is 24.0. The highest BCUT2D eigenvalue weighted by atomic mass is 19.1. The number of aromatic hydroxyl groups is 1. The van der Waals surface area contributed by atoms with Gasteiger partial charge >= 0.3 is 0 Å². The lowest BCUT2D eigenvalue weighted by molar-refractivity contribution is -0.124. The molecular weight excluding hydrogens is 449 g/mol. The molecule has 0 saturated carbocycles. The first-order valence-corrected chi connectivity index (χ1v) is 11.1. The Morgan fingerprint density at radius 3 is 2.46 bits per heavy atom. The van der Waals surface area contributed by atoms with Gasteiger partial charge in [0.05, 0.1) is 11.2 Å². The van der Waals surface area contributed by atoms with E-state index in [9.17, 15) is 24.2 Å². The summed E-state index contributed by atoms with van der Waals surface area (Å²) < 4.78 is 15.4. The van der Waals surface area contributed by atoms with Gasteiger partial charge in [0.15, 0.2) is 0 Å². The molecule has 5 N–H and O–H groups in total. The Balaban J connectivity index is 1.69. The zero-order valence-corrected chi connectivity index (χ0v) is 19.4. The van der Waals surface area contributed by atoms with Crippen LogP contribution in [0, 0.1) is 19.7 Å². The highest BCUT2D eigenvalue weighted by Gasteiger charge is 2.18. The van der Waals surface area contributed by atoms with Crippen molar-refractivity contribution in [2.24, 2.45) is 5.73 Å². The maximum absolute atomic E-state index is 13.3. The van der Waals surface area contributed by atoms with Crippen LogP contribution in [0.25, 0.3) is 10.9 Å². The summed E-state index contributed by atoms with van der Waals surface area (Å²) in [5, 5.41) is 24.8. The second-order valence-corrected chi connectivity index (χ2v) is 8.60. The van der Waals surface area contributed by atoms with Gasteiger partial charge in [0.25, 0.3) is 0 Å². The van der Waals surface area contributed by atoms with Gasteiger partial charge in [-0.25, -0.2) is 4.39 Å². The molecule has 0 aliphatic carbocycles. The minimum absolute atomic E-state index is 0.0599. The van der Waals surface area contributed by atoms with Crippen molar-refractivity contribution in [3.8, 4) is 5.75 Å². The molecule has 3 aromatic carbocycles. The molecule has 2 amide bonds. The summed E-state index contributed by atoms with van der Waals surface area (Å²) in [5.74, 6) is -1.65. The van der Waals surface area contributed by atoms with E-state index in [0.717, 1.165) is 27.7 Å². The predicted molar refractivity (Wildman–Crippen MR) is 132 cm³/mol. The zero-order valence-electron chi connectivity index (χ0n) is 19.4. The molecule has 1 aromatic heterocycles. The third kappa shape index (κ3) is 5.02. The number of nitrogens with one attached hydrogen (secondary N) is 1. The number of hydrogen-bond donors (Lipinski definition) is 4. The minimum Gasteiger partial charge on any atom is -0.508 e. The Morgan fingerprint density at radius 2 is 1.77 bits per heavy atom. The van der Waals surface area contributed by atoms with Crippen LogP contribution in [0.4, 0.5) is 10.1 Å². The van der Waals surface area contributed by atoms with Gasteiger partial charge in [-0.15, -0.1) is 0 Å². The minimum atomic E-state index is -1.12. The first-order chi connectivity index (χ1) is 16.6. The summed E-state index contributed by atoms with van der Waals surface area (Å²) in [7, 11) is 0. The van der Waals surface area contributed by atoms with Crippen molar-refractivity contribution in [2.75, 3.05) is 5.32 Å². The van der Waals surface area contributed by atoms with E-state index in [1.165, 1.54) is 30.3 Å². The van der Waals surface area contributed by atoms with Crippen molar-refractivity contribution in [3.05, 3.63) is 94.4 Å². The molecule has 180 valence electrons. The van der Waals surface area contributed by atoms with Gasteiger partial charge in [-0.2, -0.15) is 0 Å². The van der Waals surface area contributed by atoms with Crippen LogP contribution in [-0.4, -0.2) is 26.6 Å². The normalized spacial score (nSPS) is 12.0. The lowest BCUT2D eigenvalue weighted by Gasteiger charge is -2.16. The summed E-state index contributed by atoms with van der Waals surface area (Å²) in [6, 6.07) is 16.1. The van der Waals surface area contributed by atoms with Crippen LogP contribution in [0.5, 0.6) is 5.75 Å². The number of benzene rings is 3. The number of phenolic OH excluding ortho intramolecular Hbond substituents is 1. The number of primary amides is 1. The van der Waals surface area contributed by atoms with Crippen molar-refractivity contribution in [2.45, 2.75) is 32.9 Å². The van der Waals surface area contributed by atoms with Crippen molar-refractivity contribution < 1.29 is 24.2 Å². The van der Waals surface area contributed by atoms with Crippen molar-refractivity contribution in [1.82, 2.24) is 4.57 Å². The molecule has 0 bridgehead atoms. The third-order valence-electron chi connectivity index (χ3n) is 5.99. The zero-order chi connectivity index (χ0) is 25.3. The smallest absolute Gasteiger partial charge is 0.233 e. The molecule has 0 spiro atoms. The molecule has 7 nitrogen and oxygen atoms in total. The SMILES string of the molecule is Cc1ccc(NC(=O)CC(N)=O)c2cc(C)n(Cc3ccc(O)c(C(O)c4ccc(F)cc4)c3)c12. The number of nitrogens with zero attached hydrogens (tertiary/aromatic N) is 1. The highest BCUT2D eigenvalue weighted by Crippen LogP contribution is 2.33. The van der Waals surface area contributed by atoms with Gasteiger partial charge in [-0.05, 0) is 66.9 Å². The summed E-state index contributed by atoms with van der Waals surface area (Å²) in [4.78, 5) is 23.2. The van der Waals surface area contributed by atoms with Gasteiger partial charge in [0.1, 0.15) is 24.1 Å². The van der Waals surface area contributed by atoms with Crippen LogP contribution in [0.15, 0.2) is 60.7 Å². The number of carbonyl (C=O) groups is 2. The second kappa shape index (κ2) is 9.60. The number of aryl methyl sites for hydroxylation is 2. The summed E-state index contributed by atoms with van der Waals surface area (Å²) in [6.07, 6.45) is -1.52. The van der Waals surface area contributed by atoms with E-state index in [0.29, 0.717) is 23.4 Å². The number of aliphatic hydroxyl groups excluding tert-OH is 1. The summed E-state index contributed by atoms with van der Waals surface area (Å²) in [6.45, 7) is 4.36. The molecule has 1 atom stereocenters. The second-order valence-electron chi connectivity index (χ2n) is 8.60. The number of halogens is 1. The fourth-order valence-corrected chi connectivity index (χ4v) is 4.28. The van der Waals surface area contributed by atoms with Crippen molar-refractivity contribution in [1.29, 1.82) is 0 Å². The van der Waals surface area contributed by atoms with E-state index in [2.05, 4.69) is 9.88 Å². The molecule has 0 aliphatic rings. The van der Waals surface area contributed by atoms with Gasteiger partial charge in [0, 0.05) is 23.2 Å². The molecule has 1 unspecified atom stereocenters. The summed E-state index contributed by atoms with van der Waals surface area (Å²) in [5.41, 5.74) is 10.2. The number of amides is 2. The van der Waals surface area contributed by atoms with Crippen LogP contribution < -0.4 is 11.1 Å². The molecular formula is C27H26FN3O4. The fourth-order valence-electron chi connectivity index (χ4n) is 4.28. The monoisotopic (exact) mass is 475 g/mol. The van der Waals surface area contributed by atoms with Crippen LogP contribution in [0.3, 0.4) is 0 Å². The number of aliphatic hydroxyl groups is 1. The Morgan fingerprint density at radius 1 is 1.06 bits per heavy atom. The average Bonchev–Trinajstić information content (AvgIpc) is 3.13. The molecule has 1 heterocycles. The van der Waals surface area contributed by atoms with E-state index < -0.39 is 30.2 Å². The van der Waals surface area contributed by atoms with Crippen molar-refractivity contribution in [3.63, 3.8) is 0 Å². The Bertz CT molecular complexity index is 1430. The molecule has 0 fully saturated rings. The highest BCUT2D eigenvalue weighted by molar-refractivity contribution is 6.08. The number of phenols is 1. The lowest BCUT2D eigenvalue weighted by Crippen LogP contribution is -2.21. The lowest BCUT2D eigenvalue weighted by atomic mass is 9.98. The Hall–Kier alpha value is -4.17. The maximum atomic E-state index is 13.3. The number of hydrogen-bond acceptors (Lipinski definition) is 4. The number of aromatic nitrogens is 1. The fraction of sp³-hybridized carbons (Fsp3) is 0.185. The van der Waals surface area contributed by atoms with E-state index in [4.69, 9.17) is 5.73 Å². The molecule has 8 heteroatoms. The van der Waals surface area contributed by atoms with Crippen molar-refractivity contribution >= 4 is 28.4 Å². The number of anilines is 1. The number of rotatable bonds is 7. The molecule has 35 heavy (non-hydrogen) atoms. The molecule has 0 aliphatic heterocycles. The van der Waals surface area contributed by atoms with Crippen LogP contribution in [0.2, 0.25) is 0 Å². The van der Waals surface area contributed by atoms with Crippen LogP contribution in [-0.2, 0) is 16.1 Å².